The van der Waals surface area contributed by atoms with E-state index in [-0.39, 0.29) is 39.1 Å². The molecule has 1 saturated heterocycles. The molecule has 0 unspecified atom stereocenters. The number of aryl methyl sites for hydroxylation is 1. The van der Waals surface area contributed by atoms with Crippen molar-refractivity contribution >= 4 is 51.7 Å². The predicted octanol–water partition coefficient (Wildman–Crippen LogP) is 3.34. The van der Waals surface area contributed by atoms with E-state index in [0.29, 0.717) is 0 Å². The summed E-state index contributed by atoms with van der Waals surface area (Å²) in [5, 5.41) is 63.2. The Balaban J connectivity index is 1.22. The number of methoxy groups -OCH3 is 2. The highest BCUT2D eigenvalue weighted by Crippen LogP contribution is 2.42. The molecule has 2 aromatic carbocycles. The number of allylic oxidation sites excluding steroid dienone is 3. The summed E-state index contributed by atoms with van der Waals surface area (Å²) in [6.45, 7) is 7.34. The molecule has 8 atom stereocenters. The maximum atomic E-state index is 14.5. The Bertz CT molecular complexity index is 3210. The average Bonchev–Trinajstić information content (AvgIpc) is 3.33. The van der Waals surface area contributed by atoms with Gasteiger partial charge in [-0.25, -0.2) is 14.6 Å². The van der Waals surface area contributed by atoms with E-state index in [1.165, 1.54) is 80.0 Å². The minimum absolute atomic E-state index is 0.0464. The molecule has 1 fully saturated rings. The van der Waals surface area contributed by atoms with E-state index in [4.69, 9.17) is 32.8 Å². The fourth-order valence-corrected chi connectivity index (χ4v) is 9.28. The number of benzene rings is 2. The van der Waals surface area contributed by atoms with Gasteiger partial charge < -0.3 is 63.9 Å². The van der Waals surface area contributed by atoms with Gasteiger partial charge in [0.1, 0.15) is 34.6 Å². The van der Waals surface area contributed by atoms with Crippen LogP contribution in [0.2, 0.25) is 0 Å². The molecule has 1 aliphatic carbocycles. The predicted molar refractivity (Wildman–Crippen MR) is 244 cm³/mol. The average molecular weight is 999 g/mol. The number of rotatable bonds is 9. The summed E-state index contributed by atoms with van der Waals surface area (Å²) in [7, 11) is 2.59. The zero-order chi connectivity index (χ0) is 52.6. The van der Waals surface area contributed by atoms with E-state index in [0.717, 1.165) is 12.1 Å². The van der Waals surface area contributed by atoms with Gasteiger partial charge in [-0.3, -0.25) is 34.1 Å². The summed E-state index contributed by atoms with van der Waals surface area (Å²) in [5.74, 6) is -12.1. The standard InChI is InChI=1S/C48H46N4O20/c1-17-11-19(3)40(39(59)42(60)48(6)16-49-30-36(56)23-12-18(2)34(54)29(33(17)53)28(23)38(58)41(30)72-48)71-46(63)32-37(57)26(69-27-15-47(5,52(64)65)43(67-8)20(4)68-27)14-24(50-32)44(61)51-31-35(55)22-10-9-21(66-7)13-25(22)70-45(31)62/h9-14,19-20,27,39-40,43,49,54-55,57,59H,15-16H2,1-8H3,(H,51,61)/b17-11+/t19-,20+,27+,39-,40+,43-,47-,48-/m0/s1. The van der Waals surface area contributed by atoms with Crippen molar-refractivity contribution in [1.29, 1.82) is 0 Å². The minimum atomic E-state index is -2.40. The summed E-state index contributed by atoms with van der Waals surface area (Å²) in [6.07, 6.45) is -7.53. The zero-order valence-electron chi connectivity index (χ0n) is 39.6. The normalized spacial score (nSPS) is 26.8. The third-order valence-electron chi connectivity index (χ3n) is 13.1. The lowest BCUT2D eigenvalue weighted by molar-refractivity contribution is -0.593. The van der Waals surface area contributed by atoms with E-state index in [1.54, 1.807) is 0 Å². The Kier molecular flexibility index (Phi) is 12.7. The molecule has 0 saturated carbocycles. The number of aromatic nitrogens is 1. The molecule has 5 heterocycles. The Morgan fingerprint density at radius 3 is 2.33 bits per heavy atom. The van der Waals surface area contributed by atoms with Crippen LogP contribution in [-0.2, 0) is 23.7 Å². The monoisotopic (exact) mass is 998 g/mol. The van der Waals surface area contributed by atoms with Crippen LogP contribution in [0.3, 0.4) is 0 Å². The van der Waals surface area contributed by atoms with Crippen molar-refractivity contribution in [2.45, 2.75) is 89.8 Å². The Morgan fingerprint density at radius 2 is 1.67 bits per heavy atom. The Hall–Kier alpha value is -8.22. The SMILES string of the molecule is COc1ccc2c(O)c(NC(=O)c3cc(O[C@@H]4C[C@](C)([N+](=O)[O-])[C@@H](OC)[C@@H](C)O4)c(O)c(C(=O)O[C@H]4[C@H](O)C(=O)[C@]5(C)CNC6=C(O5)C(=O)c5c(cc(C)c(O)c5C(=O)/C(C)=C/[C@@H]4C)C6=O)n3)c(=O)oc2c1. The number of phenolic OH excluding ortho intramolecular Hbond substituents is 1. The topological polar surface area (TPSA) is 349 Å². The molecule has 72 heavy (non-hydrogen) atoms. The number of hydrogen-bond acceptors (Lipinski definition) is 22. The maximum Gasteiger partial charge on any atom is 0.364 e. The number of pyridine rings is 1. The van der Waals surface area contributed by atoms with Crippen molar-refractivity contribution in [3.8, 4) is 28.7 Å². The van der Waals surface area contributed by atoms with E-state index < -0.39 is 163 Å². The summed E-state index contributed by atoms with van der Waals surface area (Å²) >= 11 is 0. The van der Waals surface area contributed by atoms with E-state index in [9.17, 15) is 64.1 Å². The van der Waals surface area contributed by atoms with Gasteiger partial charge in [0.25, 0.3) is 11.4 Å². The van der Waals surface area contributed by atoms with Gasteiger partial charge in [-0.1, -0.05) is 13.0 Å². The molecule has 0 spiro atoms. The van der Waals surface area contributed by atoms with Crippen molar-refractivity contribution in [3.05, 3.63) is 108 Å². The number of phenols is 1. The number of ether oxygens (including phenoxy) is 6. The molecule has 24 nitrogen and oxygen atoms in total. The van der Waals surface area contributed by atoms with E-state index in [1.807, 2.05) is 0 Å². The number of Topliss-reactive ketones (excluding diaryl/α,β-unsaturated/α-hetero) is 4. The lowest BCUT2D eigenvalue weighted by atomic mass is 9.82. The van der Waals surface area contributed by atoms with Crippen molar-refractivity contribution in [2.75, 3.05) is 26.1 Å². The third-order valence-corrected chi connectivity index (χ3v) is 13.1. The maximum absolute atomic E-state index is 14.5. The van der Waals surface area contributed by atoms with Crippen LogP contribution in [0.15, 0.2) is 62.6 Å². The quantitative estimate of drug-likeness (QED) is 0.0606. The van der Waals surface area contributed by atoms with E-state index in [2.05, 4.69) is 15.6 Å². The zero-order valence-corrected chi connectivity index (χ0v) is 39.6. The number of hydrogen-bond donors (Lipinski definition) is 6. The highest BCUT2D eigenvalue weighted by atomic mass is 16.7. The van der Waals surface area contributed by atoms with E-state index >= 15 is 0 Å². The van der Waals surface area contributed by atoms with Crippen LogP contribution in [0.4, 0.5) is 5.69 Å². The van der Waals surface area contributed by atoms with Crippen molar-refractivity contribution in [1.82, 2.24) is 10.3 Å². The van der Waals surface area contributed by atoms with Gasteiger partial charge in [-0.05, 0) is 57.0 Å². The number of amides is 1. The van der Waals surface area contributed by atoms with Gasteiger partial charge in [0, 0.05) is 42.6 Å². The molecule has 1 amide bonds. The molecule has 8 rings (SSSR count). The first kappa shape index (κ1) is 50.2. The number of ketones is 4. The molecule has 3 aliphatic heterocycles. The summed E-state index contributed by atoms with van der Waals surface area (Å²) in [6, 6.07) is 6.06. The number of esters is 1. The first-order valence-corrected chi connectivity index (χ1v) is 22.0. The molecular formula is C48H46N4O20. The van der Waals surface area contributed by atoms with Gasteiger partial charge in [0.15, 0.2) is 58.0 Å². The molecule has 0 radical (unpaired) electrons. The Labute approximate surface area is 406 Å². The van der Waals surface area contributed by atoms with Gasteiger partial charge >= 0.3 is 11.6 Å². The summed E-state index contributed by atoms with van der Waals surface area (Å²) in [4.78, 5) is 114. The lowest BCUT2D eigenvalue weighted by Crippen LogP contribution is -2.60. The van der Waals surface area contributed by atoms with Crippen molar-refractivity contribution < 1.29 is 87.0 Å². The van der Waals surface area contributed by atoms with Crippen LogP contribution in [0.5, 0.6) is 28.7 Å². The van der Waals surface area contributed by atoms with Crippen molar-refractivity contribution in [2.24, 2.45) is 5.92 Å². The van der Waals surface area contributed by atoms with Crippen LogP contribution in [0, 0.1) is 23.0 Å². The number of nitrogens with one attached hydrogen (secondary N) is 2. The molecular weight excluding hydrogens is 953 g/mol. The third kappa shape index (κ3) is 8.21. The lowest BCUT2D eigenvalue weighted by Gasteiger charge is -2.40. The first-order chi connectivity index (χ1) is 33.8. The number of aromatic hydroxyl groups is 3. The largest absolute Gasteiger partial charge is 0.507 e. The fourth-order valence-electron chi connectivity index (χ4n) is 9.28. The second-order valence-corrected chi connectivity index (χ2v) is 18.1. The summed E-state index contributed by atoms with van der Waals surface area (Å²) in [5.41, 5.74) is -10.0. The number of nitro groups is 1. The smallest absolute Gasteiger partial charge is 0.364 e. The van der Waals surface area contributed by atoms with Crippen molar-refractivity contribution in [3.63, 3.8) is 0 Å². The van der Waals surface area contributed by atoms with Crippen LogP contribution in [0.25, 0.3) is 11.0 Å². The number of aliphatic hydroxyl groups excluding tert-OH is 1. The molecule has 4 aromatic rings. The number of aliphatic hydroxyl groups is 1. The van der Waals surface area contributed by atoms with Crippen LogP contribution < -0.4 is 25.7 Å². The van der Waals surface area contributed by atoms with Crippen LogP contribution in [-0.4, -0.2) is 128 Å². The number of carbonyl (C=O) groups excluding carboxylic acids is 6. The van der Waals surface area contributed by atoms with Gasteiger partial charge in [-0.15, -0.1) is 0 Å². The first-order valence-electron chi connectivity index (χ1n) is 22.0. The second kappa shape index (κ2) is 18.2. The molecule has 378 valence electrons. The molecule has 24 heteroatoms. The number of anilines is 1. The number of nitrogens with zero attached hydrogens (tertiary/aromatic N) is 2. The number of carbonyl (C=O) groups is 6. The molecule has 3 bridgehead atoms. The molecule has 2 aromatic heterocycles. The van der Waals surface area contributed by atoms with Gasteiger partial charge in [0.2, 0.25) is 23.6 Å². The second-order valence-electron chi connectivity index (χ2n) is 18.1. The number of fused-ring (bicyclic) bond motifs is 2. The van der Waals surface area contributed by atoms with Gasteiger partial charge in [-0.2, -0.15) is 0 Å². The molecule has 4 aliphatic rings. The fraction of sp³-hybridized carbons (Fsp3) is 0.375. The van der Waals surface area contributed by atoms with Crippen LogP contribution >= 0.6 is 0 Å². The molecule has 6 N–H and O–H groups in total. The highest BCUT2D eigenvalue weighted by Gasteiger charge is 2.56. The Morgan fingerprint density at radius 1 is 0.958 bits per heavy atom. The van der Waals surface area contributed by atoms with Gasteiger partial charge in [0.05, 0.1) is 42.7 Å². The summed E-state index contributed by atoms with van der Waals surface area (Å²) < 4.78 is 39.3. The highest BCUT2D eigenvalue weighted by molar-refractivity contribution is 6.31. The minimum Gasteiger partial charge on any atom is -0.507 e. The van der Waals surface area contributed by atoms with Crippen LogP contribution in [0.1, 0.15) is 98.7 Å².